The van der Waals surface area contributed by atoms with Gasteiger partial charge in [0.2, 0.25) is 10.0 Å². The largest absolute Gasteiger partial charge is 0.356 e. The second-order valence-corrected chi connectivity index (χ2v) is 7.70. The van der Waals surface area contributed by atoms with Gasteiger partial charge in [0.05, 0.1) is 5.69 Å². The molecular formula is C15H14N2O3S2. The fourth-order valence-electron chi connectivity index (χ4n) is 1.93. The van der Waals surface area contributed by atoms with Gasteiger partial charge in [0.15, 0.2) is 5.76 Å². The molecule has 1 aromatic carbocycles. The number of nitrogens with zero attached hydrogens (tertiary/aromatic N) is 1. The molecule has 0 atom stereocenters. The molecule has 0 fully saturated rings. The summed E-state index contributed by atoms with van der Waals surface area (Å²) in [5.41, 5.74) is 2.38. The maximum absolute atomic E-state index is 12.3. The van der Waals surface area contributed by atoms with Crippen LogP contribution in [-0.2, 0) is 16.6 Å². The first-order valence-electron chi connectivity index (χ1n) is 6.60. The lowest BCUT2D eigenvalue weighted by Gasteiger charge is -2.04. The number of thiophene rings is 1. The molecule has 1 N–H and O–H groups in total. The molecule has 2 aromatic heterocycles. The predicted octanol–water partition coefficient (Wildman–Crippen LogP) is 3.19. The van der Waals surface area contributed by atoms with E-state index in [-0.39, 0.29) is 10.8 Å². The van der Waals surface area contributed by atoms with Crippen molar-refractivity contribution >= 4 is 21.4 Å². The first-order valence-corrected chi connectivity index (χ1v) is 8.97. The highest BCUT2D eigenvalue weighted by atomic mass is 32.2. The van der Waals surface area contributed by atoms with E-state index < -0.39 is 10.0 Å². The van der Waals surface area contributed by atoms with Crippen LogP contribution in [-0.4, -0.2) is 13.6 Å². The molecule has 2 heterocycles. The third-order valence-corrected chi connectivity index (χ3v) is 5.90. The molecule has 22 heavy (non-hydrogen) atoms. The van der Waals surface area contributed by atoms with Crippen LogP contribution in [0.2, 0.25) is 0 Å². The van der Waals surface area contributed by atoms with Crippen molar-refractivity contribution in [3.05, 3.63) is 59.1 Å². The molecule has 0 spiro atoms. The van der Waals surface area contributed by atoms with Crippen LogP contribution in [0.5, 0.6) is 0 Å². The lowest BCUT2D eigenvalue weighted by atomic mass is 10.2. The van der Waals surface area contributed by atoms with Crippen molar-refractivity contribution in [1.29, 1.82) is 0 Å². The molecule has 0 aliphatic heterocycles. The highest BCUT2D eigenvalue weighted by molar-refractivity contribution is 7.91. The van der Waals surface area contributed by atoms with Crippen LogP contribution in [0, 0.1) is 6.92 Å². The van der Waals surface area contributed by atoms with Crippen molar-refractivity contribution < 1.29 is 12.9 Å². The van der Waals surface area contributed by atoms with Gasteiger partial charge >= 0.3 is 0 Å². The minimum absolute atomic E-state index is 0.257. The smallest absolute Gasteiger partial charge is 0.250 e. The predicted molar refractivity (Wildman–Crippen MR) is 85.0 cm³/mol. The molecule has 3 rings (SSSR count). The van der Waals surface area contributed by atoms with Gasteiger partial charge in [0.1, 0.15) is 4.21 Å². The van der Waals surface area contributed by atoms with Crippen LogP contribution < -0.4 is 4.72 Å². The number of aromatic nitrogens is 1. The van der Waals surface area contributed by atoms with Crippen LogP contribution in [0.25, 0.3) is 11.3 Å². The molecule has 3 aromatic rings. The highest BCUT2D eigenvalue weighted by Gasteiger charge is 2.18. The summed E-state index contributed by atoms with van der Waals surface area (Å²) < 4.78 is 32.6. The van der Waals surface area contributed by atoms with Gasteiger partial charge in [-0.05, 0) is 18.6 Å². The number of nitrogens with one attached hydrogen (secondary N) is 1. The van der Waals surface area contributed by atoms with Crippen molar-refractivity contribution in [3.8, 4) is 11.3 Å². The fourth-order valence-corrected chi connectivity index (χ4v) is 4.16. The summed E-state index contributed by atoms with van der Waals surface area (Å²) in [5, 5.41) is 5.55. The van der Waals surface area contributed by atoms with E-state index in [1.807, 2.05) is 37.3 Å². The Hall–Kier alpha value is -1.96. The monoisotopic (exact) mass is 334 g/mol. The molecule has 0 unspecified atom stereocenters. The van der Waals surface area contributed by atoms with E-state index in [4.69, 9.17) is 4.52 Å². The summed E-state index contributed by atoms with van der Waals surface area (Å²) in [6, 6.07) is 12.8. The van der Waals surface area contributed by atoms with Gasteiger partial charge < -0.3 is 4.52 Å². The van der Waals surface area contributed by atoms with Crippen LogP contribution in [0.4, 0.5) is 0 Å². The summed E-state index contributed by atoms with van der Waals surface area (Å²) in [6.45, 7) is 2.08. The normalized spacial score (nSPS) is 11.7. The summed E-state index contributed by atoms with van der Waals surface area (Å²) in [7, 11) is -3.53. The number of hydrogen-bond acceptors (Lipinski definition) is 5. The molecule has 0 amide bonds. The Balaban J connectivity index is 1.77. The molecule has 0 saturated carbocycles. The van der Waals surface area contributed by atoms with E-state index in [2.05, 4.69) is 9.88 Å². The van der Waals surface area contributed by atoms with Gasteiger partial charge in [0.25, 0.3) is 0 Å². The van der Waals surface area contributed by atoms with Crippen molar-refractivity contribution in [2.24, 2.45) is 0 Å². The average molecular weight is 334 g/mol. The van der Waals surface area contributed by atoms with Gasteiger partial charge in [-0.25, -0.2) is 13.1 Å². The Morgan fingerprint density at radius 3 is 2.68 bits per heavy atom. The zero-order valence-corrected chi connectivity index (χ0v) is 13.4. The number of rotatable bonds is 5. The molecule has 0 saturated heterocycles. The van der Waals surface area contributed by atoms with Crippen LogP contribution in [0.15, 0.2) is 56.6 Å². The van der Waals surface area contributed by atoms with E-state index in [0.29, 0.717) is 11.3 Å². The van der Waals surface area contributed by atoms with Crippen LogP contribution in [0.3, 0.4) is 0 Å². The first kappa shape index (κ1) is 15.0. The van der Waals surface area contributed by atoms with E-state index >= 15 is 0 Å². The lowest BCUT2D eigenvalue weighted by molar-refractivity contribution is 0.427. The molecule has 114 valence electrons. The third kappa shape index (κ3) is 3.27. The molecule has 0 bridgehead atoms. The van der Waals surface area contributed by atoms with E-state index in [1.54, 1.807) is 17.5 Å². The van der Waals surface area contributed by atoms with Gasteiger partial charge in [-0.15, -0.1) is 11.3 Å². The molecule has 5 nitrogen and oxygen atoms in total. The SMILES string of the molecule is Cc1cc(-c2csc(S(=O)(=O)NCc3ccccc3)c2)on1. The number of aryl methyl sites for hydroxylation is 1. The number of sulfonamides is 1. The van der Waals surface area contributed by atoms with E-state index in [0.717, 1.165) is 22.6 Å². The Labute approximate surface area is 132 Å². The molecule has 0 aliphatic carbocycles. The molecule has 0 aliphatic rings. The Kier molecular flexibility index (Phi) is 4.10. The standard InChI is InChI=1S/C15H14N2O3S2/c1-11-7-14(20-17-11)13-8-15(21-10-13)22(18,19)16-9-12-5-3-2-4-6-12/h2-8,10,16H,9H2,1H3. The fraction of sp³-hybridized carbons (Fsp3) is 0.133. The second-order valence-electron chi connectivity index (χ2n) is 4.80. The Bertz CT molecular complexity index is 867. The molecular weight excluding hydrogens is 320 g/mol. The Morgan fingerprint density at radius 1 is 1.23 bits per heavy atom. The second kappa shape index (κ2) is 6.04. The molecule has 7 heteroatoms. The lowest BCUT2D eigenvalue weighted by Crippen LogP contribution is -2.22. The minimum Gasteiger partial charge on any atom is -0.356 e. The summed E-state index contributed by atoms with van der Waals surface area (Å²) in [6.07, 6.45) is 0. The zero-order valence-electron chi connectivity index (χ0n) is 11.8. The summed E-state index contributed by atoms with van der Waals surface area (Å²) >= 11 is 1.16. The quantitative estimate of drug-likeness (QED) is 0.778. The zero-order chi connectivity index (χ0) is 15.6. The third-order valence-electron chi connectivity index (χ3n) is 3.06. The van der Waals surface area contributed by atoms with Gasteiger partial charge in [0, 0.05) is 23.6 Å². The van der Waals surface area contributed by atoms with Crippen LogP contribution >= 0.6 is 11.3 Å². The van der Waals surface area contributed by atoms with Crippen molar-refractivity contribution in [2.45, 2.75) is 17.7 Å². The van der Waals surface area contributed by atoms with Gasteiger partial charge in [-0.1, -0.05) is 35.5 Å². The van der Waals surface area contributed by atoms with Gasteiger partial charge in [-0.2, -0.15) is 0 Å². The Morgan fingerprint density at radius 2 is 2.00 bits per heavy atom. The van der Waals surface area contributed by atoms with Gasteiger partial charge in [-0.3, -0.25) is 0 Å². The number of hydrogen-bond donors (Lipinski definition) is 1. The maximum atomic E-state index is 12.3. The maximum Gasteiger partial charge on any atom is 0.250 e. The van der Waals surface area contributed by atoms with Crippen molar-refractivity contribution in [3.63, 3.8) is 0 Å². The molecule has 0 radical (unpaired) electrons. The van der Waals surface area contributed by atoms with Crippen molar-refractivity contribution in [2.75, 3.05) is 0 Å². The van der Waals surface area contributed by atoms with Crippen LogP contribution in [0.1, 0.15) is 11.3 Å². The first-order chi connectivity index (χ1) is 10.5. The van der Waals surface area contributed by atoms with Crippen molar-refractivity contribution in [1.82, 2.24) is 9.88 Å². The summed E-state index contributed by atoms with van der Waals surface area (Å²) in [4.78, 5) is 0. The van der Waals surface area contributed by atoms with E-state index in [9.17, 15) is 8.42 Å². The van der Waals surface area contributed by atoms with E-state index in [1.165, 1.54) is 0 Å². The summed E-state index contributed by atoms with van der Waals surface area (Å²) in [5.74, 6) is 0.568. The minimum atomic E-state index is -3.53. The topological polar surface area (TPSA) is 72.2 Å². The highest BCUT2D eigenvalue weighted by Crippen LogP contribution is 2.28. The average Bonchev–Trinajstić information content (AvgIpc) is 3.15. The number of benzene rings is 1.